The molecule has 0 spiro atoms. The summed E-state index contributed by atoms with van der Waals surface area (Å²) in [5.41, 5.74) is 0.390. The molecule has 1 saturated heterocycles. The van der Waals surface area contributed by atoms with Crippen molar-refractivity contribution in [1.29, 1.82) is 0 Å². The number of pyridine rings is 1. The number of methoxy groups -OCH3 is 2. The van der Waals surface area contributed by atoms with Crippen LogP contribution in [0.4, 0.5) is 0 Å². The summed E-state index contributed by atoms with van der Waals surface area (Å²) < 4.78 is 15.6. The Kier molecular flexibility index (Phi) is 5.68. The number of esters is 1. The molecule has 4 atom stereocenters. The van der Waals surface area contributed by atoms with Gasteiger partial charge in [0.1, 0.15) is 5.56 Å². The minimum absolute atomic E-state index is 0.0604. The first-order valence-corrected chi connectivity index (χ1v) is 9.23. The normalized spacial score (nSPS) is 26.4. The number of likely N-dealkylation sites (tertiary alicyclic amines) is 1. The van der Waals surface area contributed by atoms with E-state index in [4.69, 9.17) is 14.2 Å². The largest absolute Gasteiger partial charge is 0.481 e. The highest BCUT2D eigenvalue weighted by Crippen LogP contribution is 2.40. The van der Waals surface area contributed by atoms with Crippen molar-refractivity contribution in [3.05, 3.63) is 29.8 Å². The van der Waals surface area contributed by atoms with E-state index < -0.39 is 0 Å². The van der Waals surface area contributed by atoms with Gasteiger partial charge in [0.05, 0.1) is 26.7 Å². The van der Waals surface area contributed by atoms with E-state index >= 15 is 0 Å². The summed E-state index contributed by atoms with van der Waals surface area (Å²) in [6, 6.07) is 3.30. The molecule has 1 amide bonds. The maximum absolute atomic E-state index is 13.1. The fourth-order valence-corrected chi connectivity index (χ4v) is 4.08. The Balaban J connectivity index is 1.82. The zero-order chi connectivity index (χ0) is 19.6. The summed E-state index contributed by atoms with van der Waals surface area (Å²) in [6.07, 6.45) is 4.19. The van der Waals surface area contributed by atoms with Crippen LogP contribution in [0.15, 0.2) is 24.3 Å². The van der Waals surface area contributed by atoms with Crippen LogP contribution in [0.1, 0.15) is 24.2 Å². The number of nitrogens with zero attached hydrogens (tertiary/aromatic N) is 2. The van der Waals surface area contributed by atoms with Crippen LogP contribution < -0.4 is 9.47 Å². The van der Waals surface area contributed by atoms with E-state index in [1.165, 1.54) is 14.2 Å². The quantitative estimate of drug-likeness (QED) is 0.581. The summed E-state index contributed by atoms with van der Waals surface area (Å²) >= 11 is 0. The maximum atomic E-state index is 13.1. The van der Waals surface area contributed by atoms with Crippen molar-refractivity contribution in [1.82, 2.24) is 9.88 Å². The SMILES string of the molecule is CCOC(=O)[C@@H]1[C@H]2CN(C(=O)c3ccc(OC)nc3OC)C[C@@H]2C=C[C@@H]1C. The maximum Gasteiger partial charge on any atom is 0.309 e. The third-order valence-electron chi connectivity index (χ3n) is 5.42. The van der Waals surface area contributed by atoms with Crippen LogP contribution in [0.25, 0.3) is 0 Å². The molecule has 0 unspecified atom stereocenters. The van der Waals surface area contributed by atoms with Crippen LogP contribution in [-0.2, 0) is 9.53 Å². The van der Waals surface area contributed by atoms with E-state index in [9.17, 15) is 9.59 Å². The highest BCUT2D eigenvalue weighted by Gasteiger charge is 2.46. The zero-order valence-corrected chi connectivity index (χ0v) is 16.2. The number of aromatic nitrogens is 1. The summed E-state index contributed by atoms with van der Waals surface area (Å²) in [7, 11) is 2.99. The standard InChI is InChI=1S/C20H26N2O5/c1-5-27-20(24)17-12(2)6-7-13-10-22(11-15(13)17)19(23)14-8-9-16(25-3)21-18(14)26-4/h6-9,12-13,15,17H,5,10-11H2,1-4H3/t12-,13-,15-,17-/m0/s1. The van der Waals surface area contributed by atoms with Crippen molar-refractivity contribution in [3.63, 3.8) is 0 Å². The van der Waals surface area contributed by atoms with Gasteiger partial charge in [-0.3, -0.25) is 9.59 Å². The Morgan fingerprint density at radius 1 is 1.19 bits per heavy atom. The second kappa shape index (κ2) is 7.98. The van der Waals surface area contributed by atoms with E-state index in [1.54, 1.807) is 17.0 Å². The molecule has 0 bridgehead atoms. The van der Waals surface area contributed by atoms with Crippen LogP contribution in [0, 0.1) is 23.7 Å². The molecule has 7 nitrogen and oxygen atoms in total. The third kappa shape index (κ3) is 3.63. The average Bonchev–Trinajstić information content (AvgIpc) is 3.10. The molecular weight excluding hydrogens is 348 g/mol. The minimum Gasteiger partial charge on any atom is -0.481 e. The molecule has 1 aromatic rings. The second-order valence-electron chi connectivity index (χ2n) is 6.97. The van der Waals surface area contributed by atoms with Crippen molar-refractivity contribution in [2.45, 2.75) is 13.8 Å². The van der Waals surface area contributed by atoms with Gasteiger partial charge in [-0.15, -0.1) is 0 Å². The number of allylic oxidation sites excluding steroid dienone is 1. The van der Waals surface area contributed by atoms with Crippen LogP contribution in [0.5, 0.6) is 11.8 Å². The molecule has 0 radical (unpaired) electrons. The Bertz CT molecular complexity index is 748. The van der Waals surface area contributed by atoms with Gasteiger partial charge in [0, 0.05) is 19.2 Å². The van der Waals surface area contributed by atoms with E-state index in [-0.39, 0.29) is 41.4 Å². The number of ether oxygens (including phenoxy) is 3. The predicted molar refractivity (Wildman–Crippen MR) is 98.7 cm³/mol. The molecule has 1 aliphatic carbocycles. The number of rotatable bonds is 5. The molecule has 2 heterocycles. The Morgan fingerprint density at radius 2 is 1.96 bits per heavy atom. The molecule has 146 valence electrons. The van der Waals surface area contributed by atoms with Gasteiger partial charge < -0.3 is 19.1 Å². The van der Waals surface area contributed by atoms with Gasteiger partial charge >= 0.3 is 5.97 Å². The lowest BCUT2D eigenvalue weighted by atomic mass is 9.72. The fraction of sp³-hybridized carbons (Fsp3) is 0.550. The lowest BCUT2D eigenvalue weighted by Crippen LogP contribution is -2.37. The molecule has 7 heteroatoms. The molecule has 3 rings (SSSR count). The van der Waals surface area contributed by atoms with Gasteiger partial charge in [0.25, 0.3) is 5.91 Å². The first-order valence-electron chi connectivity index (χ1n) is 9.23. The van der Waals surface area contributed by atoms with E-state index in [0.29, 0.717) is 31.1 Å². The van der Waals surface area contributed by atoms with E-state index in [2.05, 4.69) is 17.1 Å². The van der Waals surface area contributed by atoms with E-state index in [0.717, 1.165) is 0 Å². The lowest BCUT2D eigenvalue weighted by molar-refractivity contribution is -0.152. The van der Waals surface area contributed by atoms with Gasteiger partial charge in [-0.2, -0.15) is 4.98 Å². The summed E-state index contributed by atoms with van der Waals surface area (Å²) in [5, 5.41) is 0. The summed E-state index contributed by atoms with van der Waals surface area (Å²) in [6.45, 7) is 5.27. The number of amides is 1. The highest BCUT2D eigenvalue weighted by molar-refractivity contribution is 5.96. The molecule has 2 aliphatic rings. The van der Waals surface area contributed by atoms with Gasteiger partial charge in [-0.25, -0.2) is 0 Å². The summed E-state index contributed by atoms with van der Waals surface area (Å²) in [4.78, 5) is 31.5. The first-order chi connectivity index (χ1) is 13.0. The summed E-state index contributed by atoms with van der Waals surface area (Å²) in [5.74, 6) is 0.369. The van der Waals surface area contributed by atoms with Crippen LogP contribution in [0.2, 0.25) is 0 Å². The van der Waals surface area contributed by atoms with E-state index in [1.807, 2.05) is 13.8 Å². The zero-order valence-electron chi connectivity index (χ0n) is 16.2. The second-order valence-corrected chi connectivity index (χ2v) is 6.97. The monoisotopic (exact) mass is 374 g/mol. The predicted octanol–water partition coefficient (Wildman–Crippen LogP) is 2.17. The van der Waals surface area contributed by atoms with Crippen LogP contribution in [0.3, 0.4) is 0 Å². The average molecular weight is 374 g/mol. The van der Waals surface area contributed by atoms with Crippen molar-refractivity contribution >= 4 is 11.9 Å². The van der Waals surface area contributed by atoms with Gasteiger partial charge in [-0.05, 0) is 30.7 Å². The smallest absolute Gasteiger partial charge is 0.309 e. The molecule has 1 fully saturated rings. The number of hydrogen-bond acceptors (Lipinski definition) is 6. The van der Waals surface area contributed by atoms with Gasteiger partial charge in [-0.1, -0.05) is 19.1 Å². The molecular formula is C20H26N2O5. The molecule has 27 heavy (non-hydrogen) atoms. The Morgan fingerprint density at radius 3 is 2.63 bits per heavy atom. The molecule has 1 aromatic heterocycles. The van der Waals surface area contributed by atoms with Crippen LogP contribution >= 0.6 is 0 Å². The number of hydrogen-bond donors (Lipinski definition) is 0. The number of carbonyl (C=O) groups is 2. The Hall–Kier alpha value is -2.57. The number of carbonyl (C=O) groups excluding carboxylic acids is 2. The highest BCUT2D eigenvalue weighted by atomic mass is 16.5. The molecule has 0 N–H and O–H groups in total. The van der Waals surface area contributed by atoms with Gasteiger partial charge in [0.2, 0.25) is 11.8 Å². The first kappa shape index (κ1) is 19.2. The third-order valence-corrected chi connectivity index (χ3v) is 5.42. The lowest BCUT2D eigenvalue weighted by Gasteiger charge is -2.31. The van der Waals surface area contributed by atoms with Crippen molar-refractivity contribution in [2.24, 2.45) is 23.7 Å². The molecule has 0 saturated carbocycles. The minimum atomic E-state index is -0.228. The van der Waals surface area contributed by atoms with Gasteiger partial charge in [0.15, 0.2) is 0 Å². The molecule has 1 aliphatic heterocycles. The molecule has 0 aromatic carbocycles. The van der Waals surface area contributed by atoms with Crippen molar-refractivity contribution in [2.75, 3.05) is 33.9 Å². The van der Waals surface area contributed by atoms with Crippen molar-refractivity contribution < 1.29 is 23.8 Å². The fourth-order valence-electron chi connectivity index (χ4n) is 4.08. The van der Waals surface area contributed by atoms with Crippen LogP contribution in [-0.4, -0.2) is 55.7 Å². The number of fused-ring (bicyclic) bond motifs is 1. The Labute approximate surface area is 159 Å². The van der Waals surface area contributed by atoms with Crippen molar-refractivity contribution in [3.8, 4) is 11.8 Å². The topological polar surface area (TPSA) is 78.0 Å².